The molecule has 1 aliphatic rings. The summed E-state index contributed by atoms with van der Waals surface area (Å²) in [5.74, 6) is -0.244. The van der Waals surface area contributed by atoms with Crippen molar-refractivity contribution in [3.05, 3.63) is 107 Å². The van der Waals surface area contributed by atoms with Gasteiger partial charge in [0.1, 0.15) is 0 Å². The molecule has 0 saturated carbocycles. The highest BCUT2D eigenvalue weighted by molar-refractivity contribution is 5.99. The molecule has 0 radical (unpaired) electrons. The average Bonchev–Trinajstić information content (AvgIpc) is 2.86. The van der Waals surface area contributed by atoms with Crippen LogP contribution >= 0.6 is 0 Å². The van der Waals surface area contributed by atoms with Gasteiger partial charge in [0.05, 0.1) is 6.61 Å². The van der Waals surface area contributed by atoms with Crippen LogP contribution in [0.5, 0.6) is 0 Å². The fourth-order valence-electron chi connectivity index (χ4n) is 5.15. The molecule has 4 aromatic carbocycles. The zero-order valence-corrected chi connectivity index (χ0v) is 21.0. The quantitative estimate of drug-likeness (QED) is 0.308. The highest BCUT2D eigenvalue weighted by Gasteiger charge is 2.36. The summed E-state index contributed by atoms with van der Waals surface area (Å²) in [6.45, 7) is 9.75. The van der Waals surface area contributed by atoms with Gasteiger partial charge in [-0.1, -0.05) is 94.4 Å². The third-order valence-corrected chi connectivity index (χ3v) is 7.54. The Balaban J connectivity index is 1.40. The average molecular weight is 464 g/mol. The SMILES string of the molecule is CC1(C)CCC(C)(C)c2cc(-c3ccc4ccc(C(=O)NOCc5ccccc5)cc4c3)ccc21. The minimum Gasteiger partial charge on any atom is -0.269 e. The van der Waals surface area contributed by atoms with E-state index in [-0.39, 0.29) is 16.7 Å². The van der Waals surface area contributed by atoms with E-state index in [9.17, 15) is 4.79 Å². The molecule has 1 aliphatic carbocycles. The Labute approximate surface area is 208 Å². The summed E-state index contributed by atoms with van der Waals surface area (Å²) >= 11 is 0. The van der Waals surface area contributed by atoms with Gasteiger partial charge in [-0.2, -0.15) is 0 Å². The summed E-state index contributed by atoms with van der Waals surface area (Å²) < 4.78 is 0. The minimum atomic E-state index is -0.244. The molecule has 1 N–H and O–H groups in total. The first-order valence-corrected chi connectivity index (χ1v) is 12.4. The van der Waals surface area contributed by atoms with Crippen LogP contribution in [0.2, 0.25) is 0 Å². The smallest absolute Gasteiger partial charge is 0.269 e. The second-order valence-corrected chi connectivity index (χ2v) is 11.0. The third kappa shape index (κ3) is 4.74. The molecule has 0 spiro atoms. The Bertz CT molecular complexity index is 1390. The van der Waals surface area contributed by atoms with Gasteiger partial charge in [-0.3, -0.25) is 9.63 Å². The zero-order chi connectivity index (χ0) is 24.6. The van der Waals surface area contributed by atoms with Crippen LogP contribution in [0.4, 0.5) is 0 Å². The number of rotatable bonds is 5. The van der Waals surface area contributed by atoms with Gasteiger partial charge in [0.2, 0.25) is 0 Å². The fraction of sp³-hybridized carbons (Fsp3) is 0.281. The van der Waals surface area contributed by atoms with Crippen LogP contribution in [0.25, 0.3) is 21.9 Å². The number of carbonyl (C=O) groups excluding carboxylic acids is 1. The summed E-state index contributed by atoms with van der Waals surface area (Å²) in [5, 5.41) is 2.14. The Kier molecular flexibility index (Phi) is 5.98. The van der Waals surface area contributed by atoms with E-state index in [0.717, 1.165) is 21.9 Å². The molecule has 35 heavy (non-hydrogen) atoms. The predicted octanol–water partition coefficient (Wildman–Crippen LogP) is 7.72. The van der Waals surface area contributed by atoms with Gasteiger partial charge in [0, 0.05) is 5.56 Å². The van der Waals surface area contributed by atoms with Crippen molar-refractivity contribution in [3.8, 4) is 11.1 Å². The number of hydroxylamine groups is 1. The maximum Gasteiger partial charge on any atom is 0.274 e. The Morgan fingerprint density at radius 2 is 1.40 bits per heavy atom. The van der Waals surface area contributed by atoms with Gasteiger partial charge in [0.15, 0.2) is 0 Å². The first-order valence-electron chi connectivity index (χ1n) is 12.4. The van der Waals surface area contributed by atoms with Crippen LogP contribution in [0.1, 0.15) is 67.6 Å². The molecular formula is C32H33NO2. The molecule has 178 valence electrons. The molecule has 0 atom stereocenters. The highest BCUT2D eigenvalue weighted by atomic mass is 16.6. The molecule has 0 unspecified atom stereocenters. The molecular weight excluding hydrogens is 430 g/mol. The molecule has 4 aromatic rings. The molecule has 0 heterocycles. The molecule has 0 bridgehead atoms. The topological polar surface area (TPSA) is 38.3 Å². The molecule has 0 aromatic heterocycles. The van der Waals surface area contributed by atoms with E-state index >= 15 is 0 Å². The summed E-state index contributed by atoms with van der Waals surface area (Å²) in [7, 11) is 0. The Morgan fingerprint density at radius 3 is 2.17 bits per heavy atom. The first-order chi connectivity index (χ1) is 16.7. The molecule has 1 amide bonds. The van der Waals surface area contributed by atoms with Gasteiger partial charge < -0.3 is 0 Å². The lowest BCUT2D eigenvalue weighted by molar-refractivity contribution is 0.0233. The minimum absolute atomic E-state index is 0.169. The van der Waals surface area contributed by atoms with E-state index in [2.05, 4.69) is 69.6 Å². The molecule has 0 aliphatic heterocycles. The number of hydrogen-bond donors (Lipinski definition) is 1. The van der Waals surface area contributed by atoms with Crippen molar-refractivity contribution in [2.45, 2.75) is 58.0 Å². The van der Waals surface area contributed by atoms with E-state index < -0.39 is 0 Å². The Hall–Kier alpha value is -3.43. The van der Waals surface area contributed by atoms with Gasteiger partial charge in [0.25, 0.3) is 5.91 Å². The van der Waals surface area contributed by atoms with E-state index in [0.29, 0.717) is 12.2 Å². The lowest BCUT2D eigenvalue weighted by Gasteiger charge is -2.42. The van der Waals surface area contributed by atoms with Crippen molar-refractivity contribution >= 4 is 16.7 Å². The lowest BCUT2D eigenvalue weighted by atomic mass is 9.63. The normalized spacial score (nSPS) is 16.0. The van der Waals surface area contributed by atoms with Crippen LogP contribution in [0, 0.1) is 0 Å². The van der Waals surface area contributed by atoms with Gasteiger partial charge >= 0.3 is 0 Å². The van der Waals surface area contributed by atoms with Gasteiger partial charge in [-0.25, -0.2) is 5.48 Å². The van der Waals surface area contributed by atoms with E-state index in [1.54, 1.807) is 0 Å². The lowest BCUT2D eigenvalue weighted by Crippen LogP contribution is -2.33. The van der Waals surface area contributed by atoms with Crippen LogP contribution in [-0.4, -0.2) is 5.91 Å². The van der Waals surface area contributed by atoms with Gasteiger partial charge in [-0.15, -0.1) is 0 Å². The van der Waals surface area contributed by atoms with E-state index in [1.165, 1.54) is 29.5 Å². The summed E-state index contributed by atoms with van der Waals surface area (Å²) in [6, 6.07) is 29.0. The van der Waals surface area contributed by atoms with Gasteiger partial charge in [-0.05, 0) is 80.5 Å². The number of carbonyl (C=O) groups is 1. The van der Waals surface area contributed by atoms with Crippen molar-refractivity contribution in [1.82, 2.24) is 5.48 Å². The van der Waals surface area contributed by atoms with Crippen LogP contribution in [0.15, 0.2) is 84.9 Å². The summed E-state index contributed by atoms with van der Waals surface area (Å²) in [4.78, 5) is 18.1. The van der Waals surface area contributed by atoms with Crippen LogP contribution in [0.3, 0.4) is 0 Å². The third-order valence-electron chi connectivity index (χ3n) is 7.54. The number of hydrogen-bond acceptors (Lipinski definition) is 2. The molecule has 0 saturated heterocycles. The van der Waals surface area contributed by atoms with Crippen LogP contribution in [-0.2, 0) is 22.3 Å². The summed E-state index contributed by atoms with van der Waals surface area (Å²) in [6.07, 6.45) is 2.40. The first kappa shape index (κ1) is 23.3. The monoisotopic (exact) mass is 463 g/mol. The number of fused-ring (bicyclic) bond motifs is 2. The molecule has 3 nitrogen and oxygen atoms in total. The maximum absolute atomic E-state index is 12.7. The fourth-order valence-corrected chi connectivity index (χ4v) is 5.15. The zero-order valence-electron chi connectivity index (χ0n) is 21.0. The van der Waals surface area contributed by atoms with Crippen molar-refractivity contribution < 1.29 is 9.63 Å². The predicted molar refractivity (Wildman–Crippen MR) is 143 cm³/mol. The number of benzene rings is 4. The second kappa shape index (κ2) is 8.98. The maximum atomic E-state index is 12.7. The van der Waals surface area contributed by atoms with E-state index in [1.807, 2.05) is 48.5 Å². The van der Waals surface area contributed by atoms with Crippen molar-refractivity contribution in [2.75, 3.05) is 0 Å². The molecule has 0 fully saturated rings. The number of amides is 1. The Morgan fingerprint density at radius 1 is 0.743 bits per heavy atom. The van der Waals surface area contributed by atoms with Crippen LogP contribution < -0.4 is 5.48 Å². The van der Waals surface area contributed by atoms with Crippen molar-refractivity contribution in [2.24, 2.45) is 0 Å². The molecule has 3 heteroatoms. The van der Waals surface area contributed by atoms with Crippen molar-refractivity contribution in [1.29, 1.82) is 0 Å². The number of nitrogens with one attached hydrogen (secondary N) is 1. The standard InChI is InChI=1S/C32H33NO2/c1-31(2)16-17-32(3,4)29-20-25(14-15-28(29)31)24-12-10-23-11-13-26(19-27(23)18-24)30(34)33-35-21-22-8-6-5-7-9-22/h5-15,18-20H,16-17,21H2,1-4H3,(H,33,34). The largest absolute Gasteiger partial charge is 0.274 e. The molecule has 5 rings (SSSR count). The van der Waals surface area contributed by atoms with Crippen molar-refractivity contribution in [3.63, 3.8) is 0 Å². The second-order valence-electron chi connectivity index (χ2n) is 11.0. The highest BCUT2D eigenvalue weighted by Crippen LogP contribution is 2.46. The summed E-state index contributed by atoms with van der Waals surface area (Å²) in [5.41, 5.74) is 9.84. The van der Waals surface area contributed by atoms with E-state index in [4.69, 9.17) is 4.84 Å².